The zero-order chi connectivity index (χ0) is 15.2. The summed E-state index contributed by atoms with van der Waals surface area (Å²) in [6, 6.07) is 10.9. The maximum absolute atomic E-state index is 12.0. The topological polar surface area (TPSA) is 95.1 Å². The van der Waals surface area contributed by atoms with Gasteiger partial charge in [0.2, 0.25) is 5.91 Å². The lowest BCUT2D eigenvalue weighted by atomic mass is 10.2. The molecule has 0 saturated carbocycles. The number of nitrogens with one attached hydrogen (secondary N) is 2. The summed E-state index contributed by atoms with van der Waals surface area (Å²) in [6.45, 7) is 1.56. The quantitative estimate of drug-likeness (QED) is 0.896. The predicted molar refractivity (Wildman–Crippen MR) is 75.4 cm³/mol. The Kier molecular flexibility index (Phi) is 4.36. The number of carbonyl (C=O) groups is 2. The lowest BCUT2D eigenvalue weighted by molar-refractivity contribution is -0.117. The Balaban J connectivity index is 1.96. The smallest absolute Gasteiger partial charge is 0.287 e. The number of furan rings is 1. The van der Waals surface area contributed by atoms with Crippen molar-refractivity contribution >= 4 is 17.5 Å². The molecule has 2 amide bonds. The molecule has 1 aromatic heterocycles. The van der Waals surface area contributed by atoms with Gasteiger partial charge in [0.15, 0.2) is 5.76 Å². The molecule has 0 radical (unpaired) electrons. The lowest BCUT2D eigenvalue weighted by Gasteiger charge is -2.13. The minimum absolute atomic E-state index is 0.140. The molecule has 0 aliphatic carbocycles. The van der Waals surface area contributed by atoms with Crippen LogP contribution < -0.4 is 10.6 Å². The second kappa shape index (κ2) is 6.39. The third-order valence-electron chi connectivity index (χ3n) is 2.75. The van der Waals surface area contributed by atoms with E-state index in [1.165, 1.54) is 12.3 Å². The van der Waals surface area contributed by atoms with Crippen molar-refractivity contribution in [3.05, 3.63) is 54.0 Å². The van der Waals surface area contributed by atoms with Crippen molar-refractivity contribution < 1.29 is 14.0 Å². The van der Waals surface area contributed by atoms with Gasteiger partial charge in [-0.05, 0) is 37.3 Å². The Hall–Kier alpha value is -3.07. The van der Waals surface area contributed by atoms with Crippen LogP contribution in [0.15, 0.2) is 47.1 Å². The minimum atomic E-state index is -0.742. The van der Waals surface area contributed by atoms with Crippen LogP contribution in [0.1, 0.15) is 23.0 Å². The fourth-order valence-corrected chi connectivity index (χ4v) is 1.66. The summed E-state index contributed by atoms with van der Waals surface area (Å²) in [5, 5.41) is 14.0. The average Bonchev–Trinajstić information content (AvgIpc) is 3.01. The van der Waals surface area contributed by atoms with Crippen LogP contribution in [-0.4, -0.2) is 17.9 Å². The van der Waals surface area contributed by atoms with Crippen LogP contribution in [0, 0.1) is 11.3 Å². The van der Waals surface area contributed by atoms with Crippen molar-refractivity contribution in [2.45, 2.75) is 13.0 Å². The Morgan fingerprint density at radius 1 is 1.29 bits per heavy atom. The first kappa shape index (κ1) is 14.3. The lowest BCUT2D eigenvalue weighted by Crippen LogP contribution is -2.41. The van der Waals surface area contributed by atoms with E-state index in [9.17, 15) is 9.59 Å². The van der Waals surface area contributed by atoms with Crippen molar-refractivity contribution in [1.29, 1.82) is 5.26 Å². The summed E-state index contributed by atoms with van der Waals surface area (Å²) >= 11 is 0. The number of nitriles is 1. The van der Waals surface area contributed by atoms with E-state index in [4.69, 9.17) is 9.68 Å². The van der Waals surface area contributed by atoms with Gasteiger partial charge in [-0.3, -0.25) is 9.59 Å². The molecule has 0 saturated heterocycles. The van der Waals surface area contributed by atoms with Crippen molar-refractivity contribution in [3.63, 3.8) is 0 Å². The first-order chi connectivity index (χ1) is 10.1. The van der Waals surface area contributed by atoms with E-state index in [1.807, 2.05) is 6.07 Å². The van der Waals surface area contributed by atoms with E-state index >= 15 is 0 Å². The summed E-state index contributed by atoms with van der Waals surface area (Å²) in [4.78, 5) is 23.7. The number of nitrogens with zero attached hydrogens (tertiary/aromatic N) is 1. The fraction of sp³-hybridized carbons (Fsp3) is 0.133. The van der Waals surface area contributed by atoms with Crippen LogP contribution >= 0.6 is 0 Å². The Labute approximate surface area is 121 Å². The van der Waals surface area contributed by atoms with Gasteiger partial charge in [0.05, 0.1) is 17.9 Å². The van der Waals surface area contributed by atoms with Crippen LogP contribution in [0.5, 0.6) is 0 Å². The number of carbonyl (C=O) groups excluding carboxylic acids is 2. The minimum Gasteiger partial charge on any atom is -0.459 e. The van der Waals surface area contributed by atoms with Gasteiger partial charge in [-0.15, -0.1) is 0 Å². The van der Waals surface area contributed by atoms with Crippen molar-refractivity contribution in [1.82, 2.24) is 5.32 Å². The summed E-state index contributed by atoms with van der Waals surface area (Å²) in [6.07, 6.45) is 1.38. The van der Waals surface area contributed by atoms with Gasteiger partial charge < -0.3 is 15.1 Å². The standard InChI is InChI=1S/C15H13N3O3/c1-10(17-15(20)13-6-3-7-21-13)14(19)18-12-5-2-4-11(8-12)9-16/h2-8,10H,1H3,(H,17,20)(H,18,19)/t10-/m1/s1. The van der Waals surface area contributed by atoms with E-state index in [0.717, 1.165) is 0 Å². The third kappa shape index (κ3) is 3.70. The maximum Gasteiger partial charge on any atom is 0.287 e. The number of anilines is 1. The highest BCUT2D eigenvalue weighted by molar-refractivity contribution is 5.99. The molecule has 1 aromatic carbocycles. The molecule has 0 aliphatic rings. The van der Waals surface area contributed by atoms with Gasteiger partial charge in [-0.2, -0.15) is 5.26 Å². The van der Waals surface area contributed by atoms with Crippen LogP contribution in [-0.2, 0) is 4.79 Å². The van der Waals surface area contributed by atoms with Crippen LogP contribution in [0.4, 0.5) is 5.69 Å². The number of rotatable bonds is 4. The fourth-order valence-electron chi connectivity index (χ4n) is 1.66. The first-order valence-corrected chi connectivity index (χ1v) is 6.25. The monoisotopic (exact) mass is 283 g/mol. The van der Waals surface area contributed by atoms with E-state index < -0.39 is 11.9 Å². The SMILES string of the molecule is C[C@@H](NC(=O)c1ccco1)C(=O)Nc1cccc(C#N)c1. The molecule has 2 aromatic rings. The molecule has 1 atom stereocenters. The average molecular weight is 283 g/mol. The molecular weight excluding hydrogens is 270 g/mol. The Bertz CT molecular complexity index is 686. The number of hydrogen-bond acceptors (Lipinski definition) is 4. The molecule has 0 unspecified atom stereocenters. The molecule has 0 fully saturated rings. The van der Waals surface area contributed by atoms with Gasteiger partial charge in [-0.1, -0.05) is 6.07 Å². The van der Waals surface area contributed by atoms with Gasteiger partial charge in [0.1, 0.15) is 6.04 Å². The Morgan fingerprint density at radius 2 is 2.10 bits per heavy atom. The van der Waals surface area contributed by atoms with Gasteiger partial charge in [0.25, 0.3) is 5.91 Å². The van der Waals surface area contributed by atoms with Crippen molar-refractivity contribution in [2.24, 2.45) is 0 Å². The van der Waals surface area contributed by atoms with Gasteiger partial charge in [0, 0.05) is 5.69 Å². The summed E-state index contributed by atoms with van der Waals surface area (Å²) in [7, 11) is 0. The summed E-state index contributed by atoms with van der Waals surface area (Å²) in [5.74, 6) is -0.709. The van der Waals surface area contributed by atoms with Crippen LogP contribution in [0.3, 0.4) is 0 Å². The highest BCUT2D eigenvalue weighted by atomic mass is 16.3. The zero-order valence-corrected chi connectivity index (χ0v) is 11.3. The van der Waals surface area contributed by atoms with E-state index in [0.29, 0.717) is 11.3 Å². The largest absolute Gasteiger partial charge is 0.459 e. The predicted octanol–water partition coefficient (Wildman–Crippen LogP) is 1.91. The molecule has 0 bridgehead atoms. The Morgan fingerprint density at radius 3 is 2.76 bits per heavy atom. The van der Waals surface area contributed by atoms with Gasteiger partial charge >= 0.3 is 0 Å². The second-order valence-corrected chi connectivity index (χ2v) is 4.35. The molecule has 2 N–H and O–H groups in total. The second-order valence-electron chi connectivity index (χ2n) is 4.35. The van der Waals surface area contributed by atoms with E-state index in [1.54, 1.807) is 37.3 Å². The molecule has 6 heteroatoms. The molecule has 0 aliphatic heterocycles. The highest BCUT2D eigenvalue weighted by Gasteiger charge is 2.18. The number of benzene rings is 1. The van der Waals surface area contributed by atoms with Crippen molar-refractivity contribution in [3.8, 4) is 6.07 Å². The molecule has 0 spiro atoms. The molecule has 2 rings (SSSR count). The third-order valence-corrected chi connectivity index (χ3v) is 2.75. The van der Waals surface area contributed by atoms with Gasteiger partial charge in [-0.25, -0.2) is 0 Å². The zero-order valence-electron chi connectivity index (χ0n) is 11.3. The molecule has 6 nitrogen and oxygen atoms in total. The highest BCUT2D eigenvalue weighted by Crippen LogP contribution is 2.10. The summed E-state index contributed by atoms with van der Waals surface area (Å²) < 4.78 is 4.94. The molecular formula is C15H13N3O3. The molecule has 1 heterocycles. The molecule has 106 valence electrons. The molecule has 21 heavy (non-hydrogen) atoms. The summed E-state index contributed by atoms with van der Waals surface area (Å²) in [5.41, 5.74) is 0.943. The maximum atomic E-state index is 12.0. The van der Waals surface area contributed by atoms with Crippen molar-refractivity contribution in [2.75, 3.05) is 5.32 Å². The first-order valence-electron chi connectivity index (χ1n) is 6.25. The van der Waals surface area contributed by atoms with E-state index in [-0.39, 0.29) is 11.7 Å². The van der Waals surface area contributed by atoms with E-state index in [2.05, 4.69) is 10.6 Å². The normalized spacial score (nSPS) is 11.2. The number of hydrogen-bond donors (Lipinski definition) is 2. The van der Waals surface area contributed by atoms with Crippen LogP contribution in [0.25, 0.3) is 0 Å². The van der Waals surface area contributed by atoms with Crippen LogP contribution in [0.2, 0.25) is 0 Å². The number of amides is 2.